The number of nitrogens with one attached hydrogen (secondary N) is 1. The van der Waals surface area contributed by atoms with Crippen LogP contribution in [-0.2, 0) is 11.3 Å². The van der Waals surface area contributed by atoms with Crippen molar-refractivity contribution >= 4 is 12.5 Å². The van der Waals surface area contributed by atoms with E-state index in [2.05, 4.69) is 30.5 Å². The lowest BCUT2D eigenvalue weighted by Gasteiger charge is -2.11. The zero-order valence-corrected chi connectivity index (χ0v) is 14.7. The molecule has 24 heavy (non-hydrogen) atoms. The van der Waals surface area contributed by atoms with Gasteiger partial charge in [0.2, 0.25) is 6.41 Å². The van der Waals surface area contributed by atoms with E-state index in [4.69, 9.17) is 0 Å². The van der Waals surface area contributed by atoms with E-state index in [1.165, 1.54) is 0 Å². The number of rotatable bonds is 6. The molecule has 0 aromatic heterocycles. The van der Waals surface area contributed by atoms with Crippen LogP contribution in [0.25, 0.3) is 6.08 Å². The van der Waals surface area contributed by atoms with E-state index in [-0.39, 0.29) is 11.7 Å². The van der Waals surface area contributed by atoms with Crippen LogP contribution in [0.3, 0.4) is 0 Å². The summed E-state index contributed by atoms with van der Waals surface area (Å²) in [5.41, 5.74) is 5.86. The summed E-state index contributed by atoms with van der Waals surface area (Å²) in [4.78, 5) is 10.4. The molecule has 0 heterocycles. The second-order valence-corrected chi connectivity index (χ2v) is 6.30. The summed E-state index contributed by atoms with van der Waals surface area (Å²) in [5, 5.41) is 2.68. The first-order chi connectivity index (χ1) is 11.4. The van der Waals surface area contributed by atoms with E-state index in [0.717, 1.165) is 22.3 Å². The lowest BCUT2D eigenvalue weighted by molar-refractivity contribution is -0.109. The van der Waals surface area contributed by atoms with Crippen molar-refractivity contribution < 1.29 is 9.18 Å². The molecular weight excluding hydrogens is 301 g/mol. The van der Waals surface area contributed by atoms with Gasteiger partial charge in [0.1, 0.15) is 5.82 Å². The summed E-state index contributed by atoms with van der Waals surface area (Å²) in [6, 6.07) is 10.0. The van der Waals surface area contributed by atoms with Gasteiger partial charge in [0, 0.05) is 6.54 Å². The molecule has 0 aliphatic carbocycles. The predicted molar refractivity (Wildman–Crippen MR) is 97.4 cm³/mol. The SMILES string of the molecule is Cc1cc(/C=C/C(C)c2cc(C)c(F)c(C)c2)ccc1CNC=O. The average Bonchev–Trinajstić information content (AvgIpc) is 2.56. The second kappa shape index (κ2) is 7.91. The van der Waals surface area contributed by atoms with Gasteiger partial charge in [0.05, 0.1) is 0 Å². The van der Waals surface area contributed by atoms with Crippen LogP contribution in [0.4, 0.5) is 4.39 Å². The highest BCUT2D eigenvalue weighted by Gasteiger charge is 2.08. The van der Waals surface area contributed by atoms with Crippen molar-refractivity contribution in [2.45, 2.75) is 40.2 Å². The highest BCUT2D eigenvalue weighted by Crippen LogP contribution is 2.23. The number of amides is 1. The van der Waals surface area contributed by atoms with Gasteiger partial charge in [-0.25, -0.2) is 4.39 Å². The molecule has 1 unspecified atom stereocenters. The Balaban J connectivity index is 2.15. The average molecular weight is 325 g/mol. The lowest BCUT2D eigenvalue weighted by atomic mass is 9.95. The molecule has 0 spiro atoms. The normalized spacial score (nSPS) is 12.4. The highest BCUT2D eigenvalue weighted by atomic mass is 19.1. The van der Waals surface area contributed by atoms with Crippen LogP contribution < -0.4 is 5.32 Å². The zero-order valence-electron chi connectivity index (χ0n) is 14.7. The van der Waals surface area contributed by atoms with E-state index in [9.17, 15) is 9.18 Å². The number of hydrogen-bond acceptors (Lipinski definition) is 1. The Labute approximate surface area is 143 Å². The van der Waals surface area contributed by atoms with Crippen LogP contribution in [0.2, 0.25) is 0 Å². The maximum absolute atomic E-state index is 13.8. The molecule has 0 saturated carbocycles. The minimum Gasteiger partial charge on any atom is -0.355 e. The van der Waals surface area contributed by atoms with Gasteiger partial charge in [-0.05, 0) is 60.1 Å². The molecule has 0 bridgehead atoms. The largest absolute Gasteiger partial charge is 0.355 e. The van der Waals surface area contributed by atoms with Gasteiger partial charge in [0.25, 0.3) is 0 Å². The van der Waals surface area contributed by atoms with Crippen LogP contribution in [0, 0.1) is 26.6 Å². The predicted octanol–water partition coefficient (Wildman–Crippen LogP) is 4.81. The molecule has 2 aromatic rings. The van der Waals surface area contributed by atoms with E-state index in [0.29, 0.717) is 24.1 Å². The molecule has 0 radical (unpaired) electrons. The minimum absolute atomic E-state index is 0.120. The Morgan fingerprint density at radius 2 is 1.75 bits per heavy atom. The van der Waals surface area contributed by atoms with Crippen molar-refractivity contribution in [3.05, 3.63) is 75.6 Å². The Bertz CT molecular complexity index is 741. The van der Waals surface area contributed by atoms with Gasteiger partial charge in [-0.2, -0.15) is 0 Å². The molecule has 2 aromatic carbocycles. The first kappa shape index (κ1) is 17.9. The van der Waals surface area contributed by atoms with Gasteiger partial charge >= 0.3 is 0 Å². The molecule has 0 aliphatic rings. The summed E-state index contributed by atoms with van der Waals surface area (Å²) >= 11 is 0. The molecule has 1 amide bonds. The quantitative estimate of drug-likeness (QED) is 0.758. The van der Waals surface area contributed by atoms with Gasteiger partial charge in [0.15, 0.2) is 0 Å². The van der Waals surface area contributed by atoms with Crippen LogP contribution in [0.15, 0.2) is 36.4 Å². The van der Waals surface area contributed by atoms with Crippen molar-refractivity contribution in [2.75, 3.05) is 0 Å². The fraction of sp³-hybridized carbons (Fsp3) is 0.286. The van der Waals surface area contributed by atoms with Crippen molar-refractivity contribution in [3.63, 3.8) is 0 Å². The van der Waals surface area contributed by atoms with Crippen LogP contribution in [0.5, 0.6) is 0 Å². The molecule has 2 nitrogen and oxygen atoms in total. The van der Waals surface area contributed by atoms with Gasteiger partial charge in [-0.1, -0.05) is 49.4 Å². The molecule has 0 saturated heterocycles. The van der Waals surface area contributed by atoms with E-state index in [1.54, 1.807) is 13.8 Å². The smallest absolute Gasteiger partial charge is 0.207 e. The summed E-state index contributed by atoms with van der Waals surface area (Å²) in [7, 11) is 0. The number of hydrogen-bond donors (Lipinski definition) is 1. The number of halogens is 1. The first-order valence-electron chi connectivity index (χ1n) is 8.13. The number of allylic oxidation sites excluding steroid dienone is 1. The van der Waals surface area contributed by atoms with Crippen molar-refractivity contribution in [2.24, 2.45) is 0 Å². The fourth-order valence-electron chi connectivity index (χ4n) is 2.78. The Morgan fingerprint density at radius 3 is 2.33 bits per heavy atom. The standard InChI is InChI=1S/C21H24FNO/c1-14(20-10-16(3)21(22)17(4)11-20)5-6-18-7-8-19(12-23-13-24)15(2)9-18/h5-11,13-14H,12H2,1-4H3,(H,23,24)/b6-5+. The zero-order chi connectivity index (χ0) is 17.7. The third kappa shape index (κ3) is 4.31. The van der Waals surface area contributed by atoms with Crippen LogP contribution >= 0.6 is 0 Å². The molecule has 0 aliphatic heterocycles. The number of carbonyl (C=O) groups excluding carboxylic acids is 1. The van der Waals surface area contributed by atoms with E-state index < -0.39 is 0 Å². The van der Waals surface area contributed by atoms with E-state index >= 15 is 0 Å². The summed E-state index contributed by atoms with van der Waals surface area (Å²) in [5.74, 6) is 0.0878. The third-order valence-electron chi connectivity index (χ3n) is 4.30. The number of benzene rings is 2. The molecule has 1 atom stereocenters. The van der Waals surface area contributed by atoms with Crippen LogP contribution in [-0.4, -0.2) is 6.41 Å². The number of aryl methyl sites for hydroxylation is 3. The second-order valence-electron chi connectivity index (χ2n) is 6.30. The lowest BCUT2D eigenvalue weighted by Crippen LogP contribution is -2.10. The molecular formula is C21H24FNO. The highest BCUT2D eigenvalue weighted by molar-refractivity contribution is 5.54. The molecule has 126 valence electrons. The Morgan fingerprint density at radius 1 is 1.08 bits per heavy atom. The minimum atomic E-state index is -0.120. The maximum Gasteiger partial charge on any atom is 0.207 e. The molecule has 1 N–H and O–H groups in total. The summed E-state index contributed by atoms with van der Waals surface area (Å²) < 4.78 is 13.8. The topological polar surface area (TPSA) is 29.1 Å². The van der Waals surface area contributed by atoms with E-state index in [1.807, 2.05) is 31.2 Å². The van der Waals surface area contributed by atoms with Crippen molar-refractivity contribution in [3.8, 4) is 0 Å². The summed E-state index contributed by atoms with van der Waals surface area (Å²) in [6.07, 6.45) is 4.93. The van der Waals surface area contributed by atoms with Crippen LogP contribution in [0.1, 0.15) is 46.2 Å². The van der Waals surface area contributed by atoms with Crippen molar-refractivity contribution in [1.82, 2.24) is 5.32 Å². The maximum atomic E-state index is 13.8. The van der Waals surface area contributed by atoms with Crippen molar-refractivity contribution in [1.29, 1.82) is 0 Å². The van der Waals surface area contributed by atoms with Gasteiger partial charge in [-0.15, -0.1) is 0 Å². The molecule has 0 fully saturated rings. The molecule has 3 heteroatoms. The van der Waals surface area contributed by atoms with Gasteiger partial charge in [-0.3, -0.25) is 4.79 Å². The Hall–Kier alpha value is -2.42. The Kier molecular flexibility index (Phi) is 5.91. The number of carbonyl (C=O) groups is 1. The van der Waals surface area contributed by atoms with Gasteiger partial charge < -0.3 is 5.32 Å². The third-order valence-corrected chi connectivity index (χ3v) is 4.30. The summed E-state index contributed by atoms with van der Waals surface area (Å²) in [6.45, 7) is 8.30. The monoisotopic (exact) mass is 325 g/mol. The molecule has 2 rings (SSSR count). The first-order valence-corrected chi connectivity index (χ1v) is 8.13. The fourth-order valence-corrected chi connectivity index (χ4v) is 2.78.